The Morgan fingerprint density at radius 2 is 2.06 bits per heavy atom. The van der Waals surface area contributed by atoms with Gasteiger partial charge >= 0.3 is 6.03 Å². The zero-order valence-corrected chi connectivity index (χ0v) is 9.82. The maximum absolute atomic E-state index is 13.2. The number of halogens is 1. The van der Waals surface area contributed by atoms with Gasteiger partial charge in [-0.25, -0.2) is 14.1 Å². The molecule has 1 aliphatic heterocycles. The van der Waals surface area contributed by atoms with Gasteiger partial charge in [0.05, 0.1) is 11.3 Å². The highest BCUT2D eigenvalue weighted by molar-refractivity contribution is 6.23. The van der Waals surface area contributed by atoms with Crippen molar-refractivity contribution in [2.24, 2.45) is 0 Å². The van der Waals surface area contributed by atoms with Gasteiger partial charge in [0, 0.05) is 0 Å². The number of nitrogens with one attached hydrogen (secondary N) is 1. The molecule has 18 heavy (non-hydrogen) atoms. The molecule has 1 aliphatic rings. The highest BCUT2D eigenvalue weighted by Gasteiger charge is 2.45. The van der Waals surface area contributed by atoms with E-state index in [1.807, 2.05) is 0 Å². The maximum Gasteiger partial charge on any atom is 0.329 e. The minimum atomic E-state index is -1.00. The van der Waals surface area contributed by atoms with Crippen LogP contribution in [-0.4, -0.2) is 17.5 Å². The molecular formula is C12H10FN3O2. The lowest BCUT2D eigenvalue weighted by atomic mass is 10.1. The van der Waals surface area contributed by atoms with Crippen LogP contribution in [0.5, 0.6) is 0 Å². The van der Waals surface area contributed by atoms with E-state index in [1.54, 1.807) is 19.9 Å². The number of carbonyl (C=O) groups excluding carboxylic acids is 2. The van der Waals surface area contributed by atoms with E-state index >= 15 is 0 Å². The summed E-state index contributed by atoms with van der Waals surface area (Å²) >= 11 is 0. The van der Waals surface area contributed by atoms with Crippen molar-refractivity contribution < 1.29 is 14.0 Å². The number of amides is 3. The zero-order valence-electron chi connectivity index (χ0n) is 9.82. The van der Waals surface area contributed by atoms with E-state index in [9.17, 15) is 14.0 Å². The molecule has 1 aromatic rings. The smallest absolute Gasteiger partial charge is 0.323 e. The molecule has 5 nitrogen and oxygen atoms in total. The summed E-state index contributed by atoms with van der Waals surface area (Å²) in [6, 6.07) is 4.60. The first kappa shape index (κ1) is 12.0. The lowest BCUT2D eigenvalue weighted by molar-refractivity contribution is -0.121. The molecule has 0 radical (unpaired) electrons. The second kappa shape index (κ2) is 3.81. The number of imide groups is 1. The van der Waals surface area contributed by atoms with E-state index < -0.39 is 23.3 Å². The van der Waals surface area contributed by atoms with Gasteiger partial charge in [-0.05, 0) is 32.0 Å². The van der Waals surface area contributed by atoms with E-state index in [2.05, 4.69) is 5.32 Å². The van der Waals surface area contributed by atoms with Crippen molar-refractivity contribution in [2.75, 3.05) is 4.90 Å². The molecule has 1 heterocycles. The Labute approximate surface area is 103 Å². The van der Waals surface area contributed by atoms with Gasteiger partial charge in [0.2, 0.25) is 0 Å². The lowest BCUT2D eigenvalue weighted by Gasteiger charge is -2.16. The van der Waals surface area contributed by atoms with Crippen LogP contribution >= 0.6 is 0 Å². The van der Waals surface area contributed by atoms with E-state index in [-0.39, 0.29) is 11.3 Å². The molecule has 92 valence electrons. The predicted octanol–water partition coefficient (Wildman–Crippen LogP) is 1.53. The van der Waals surface area contributed by atoms with Gasteiger partial charge in [0.1, 0.15) is 17.4 Å². The Morgan fingerprint density at radius 1 is 1.39 bits per heavy atom. The molecule has 0 atom stereocenters. The Morgan fingerprint density at radius 3 is 2.56 bits per heavy atom. The first-order valence-corrected chi connectivity index (χ1v) is 5.23. The number of hydrogen-bond acceptors (Lipinski definition) is 3. The second-order valence-corrected chi connectivity index (χ2v) is 4.47. The van der Waals surface area contributed by atoms with Crippen molar-refractivity contribution >= 4 is 17.6 Å². The van der Waals surface area contributed by atoms with Crippen molar-refractivity contribution in [3.63, 3.8) is 0 Å². The fraction of sp³-hybridized carbons (Fsp3) is 0.250. The SMILES string of the molecule is CC1(C)NC(=O)N(c2ccc(F)c(C#N)c2)C1=O. The van der Waals surface area contributed by atoms with Crippen LogP contribution in [0.2, 0.25) is 0 Å². The Bertz CT molecular complexity index is 589. The molecule has 0 aliphatic carbocycles. The topological polar surface area (TPSA) is 73.2 Å². The van der Waals surface area contributed by atoms with Crippen LogP contribution in [0.1, 0.15) is 19.4 Å². The molecule has 1 aromatic carbocycles. The van der Waals surface area contributed by atoms with Crippen molar-refractivity contribution in [3.8, 4) is 6.07 Å². The molecule has 0 spiro atoms. The summed E-state index contributed by atoms with van der Waals surface area (Å²) in [5, 5.41) is 11.2. The average molecular weight is 247 g/mol. The summed E-state index contributed by atoms with van der Waals surface area (Å²) in [4.78, 5) is 24.6. The van der Waals surface area contributed by atoms with Crippen LogP contribution < -0.4 is 10.2 Å². The summed E-state index contributed by atoms with van der Waals surface area (Å²) in [5.41, 5.74) is -1.03. The molecular weight excluding hydrogens is 237 g/mol. The number of nitrogens with zero attached hydrogens (tertiary/aromatic N) is 2. The van der Waals surface area contributed by atoms with E-state index in [4.69, 9.17) is 5.26 Å². The van der Waals surface area contributed by atoms with Gasteiger partial charge in [-0.15, -0.1) is 0 Å². The van der Waals surface area contributed by atoms with Crippen molar-refractivity contribution in [3.05, 3.63) is 29.6 Å². The van der Waals surface area contributed by atoms with Crippen LogP contribution in [0.15, 0.2) is 18.2 Å². The quantitative estimate of drug-likeness (QED) is 0.765. The third kappa shape index (κ3) is 1.70. The van der Waals surface area contributed by atoms with Gasteiger partial charge in [-0.2, -0.15) is 5.26 Å². The summed E-state index contributed by atoms with van der Waals surface area (Å²) in [7, 11) is 0. The first-order chi connectivity index (χ1) is 8.36. The summed E-state index contributed by atoms with van der Waals surface area (Å²) in [6.07, 6.45) is 0. The largest absolute Gasteiger partial charge is 0.329 e. The molecule has 6 heteroatoms. The Balaban J connectivity index is 2.48. The molecule has 0 aromatic heterocycles. The minimum Gasteiger partial charge on any atom is -0.323 e. The molecule has 3 amide bonds. The van der Waals surface area contributed by atoms with Crippen LogP contribution in [0.25, 0.3) is 0 Å². The van der Waals surface area contributed by atoms with E-state index in [0.29, 0.717) is 0 Å². The fourth-order valence-corrected chi connectivity index (χ4v) is 1.72. The second-order valence-electron chi connectivity index (χ2n) is 4.47. The van der Waals surface area contributed by atoms with E-state index in [0.717, 1.165) is 11.0 Å². The first-order valence-electron chi connectivity index (χ1n) is 5.23. The fourth-order valence-electron chi connectivity index (χ4n) is 1.72. The molecule has 0 saturated carbocycles. The Kier molecular flexibility index (Phi) is 2.55. The average Bonchev–Trinajstić information content (AvgIpc) is 2.50. The summed E-state index contributed by atoms with van der Waals surface area (Å²) in [6.45, 7) is 3.14. The summed E-state index contributed by atoms with van der Waals surface area (Å²) in [5.74, 6) is -1.13. The molecule has 0 unspecified atom stereocenters. The molecule has 2 rings (SSSR count). The van der Waals surface area contributed by atoms with E-state index in [1.165, 1.54) is 12.1 Å². The lowest BCUT2D eigenvalue weighted by Crippen LogP contribution is -2.40. The van der Waals surface area contributed by atoms with Gasteiger partial charge in [0.15, 0.2) is 0 Å². The molecule has 1 saturated heterocycles. The molecule has 1 fully saturated rings. The standard InChI is InChI=1S/C12H10FN3O2/c1-12(2)10(17)16(11(18)15-12)8-3-4-9(13)7(5-8)6-14/h3-5H,1-2H3,(H,15,18). The third-order valence-electron chi connectivity index (χ3n) is 2.69. The van der Waals surface area contributed by atoms with Crippen LogP contribution in [0, 0.1) is 17.1 Å². The van der Waals surface area contributed by atoms with Crippen LogP contribution in [0.3, 0.4) is 0 Å². The molecule has 0 bridgehead atoms. The normalized spacial score (nSPS) is 17.6. The minimum absolute atomic E-state index is 0.182. The predicted molar refractivity (Wildman–Crippen MR) is 61.2 cm³/mol. The van der Waals surface area contributed by atoms with Gasteiger partial charge < -0.3 is 5.32 Å². The van der Waals surface area contributed by atoms with Gasteiger partial charge in [-0.1, -0.05) is 0 Å². The molecule has 1 N–H and O–H groups in total. The van der Waals surface area contributed by atoms with Gasteiger partial charge in [0.25, 0.3) is 5.91 Å². The number of anilines is 1. The monoisotopic (exact) mass is 247 g/mol. The Hall–Kier alpha value is -2.42. The van der Waals surface area contributed by atoms with Gasteiger partial charge in [-0.3, -0.25) is 4.79 Å². The number of urea groups is 1. The highest BCUT2D eigenvalue weighted by Crippen LogP contribution is 2.25. The maximum atomic E-state index is 13.2. The van der Waals surface area contributed by atoms with Crippen molar-refractivity contribution in [1.29, 1.82) is 5.26 Å². The highest BCUT2D eigenvalue weighted by atomic mass is 19.1. The van der Waals surface area contributed by atoms with Crippen LogP contribution in [-0.2, 0) is 4.79 Å². The van der Waals surface area contributed by atoms with Crippen LogP contribution in [0.4, 0.5) is 14.9 Å². The number of rotatable bonds is 1. The third-order valence-corrected chi connectivity index (χ3v) is 2.69. The number of carbonyl (C=O) groups is 2. The number of nitriles is 1. The zero-order chi connectivity index (χ0) is 13.5. The number of benzene rings is 1. The summed E-state index contributed by atoms with van der Waals surface area (Å²) < 4.78 is 13.2. The van der Waals surface area contributed by atoms with Crippen molar-refractivity contribution in [1.82, 2.24) is 5.32 Å². The van der Waals surface area contributed by atoms with Crippen molar-refractivity contribution in [2.45, 2.75) is 19.4 Å². The number of hydrogen-bond donors (Lipinski definition) is 1.